The zero-order valence-corrected chi connectivity index (χ0v) is 13.1. The first kappa shape index (κ1) is 18.0. The highest BCUT2D eigenvalue weighted by Crippen LogP contribution is 2.04. The van der Waals surface area contributed by atoms with Gasteiger partial charge >= 0.3 is 0 Å². The third-order valence-electron chi connectivity index (χ3n) is 3.54. The summed E-state index contributed by atoms with van der Waals surface area (Å²) >= 11 is 0. The number of Topliss-reactive ketones (excluding diaryl/α,β-unsaturated/α-hetero) is 1. The molecule has 7 heteroatoms. The molecular formula is C15H23N3O4. The third-order valence-corrected chi connectivity index (χ3v) is 3.54. The molecule has 1 atom stereocenters. The van der Waals surface area contributed by atoms with Crippen molar-refractivity contribution in [3.8, 4) is 0 Å². The second-order valence-electron chi connectivity index (χ2n) is 5.21. The van der Waals surface area contributed by atoms with E-state index in [0.717, 1.165) is 24.2 Å². The summed E-state index contributed by atoms with van der Waals surface area (Å²) < 4.78 is 0. The summed E-state index contributed by atoms with van der Waals surface area (Å²) in [4.78, 5) is 46.5. The first-order valence-corrected chi connectivity index (χ1v) is 7.43. The van der Waals surface area contributed by atoms with Crippen molar-refractivity contribution in [3.05, 3.63) is 12.2 Å². The molecule has 1 rings (SSSR count). The summed E-state index contributed by atoms with van der Waals surface area (Å²) in [6.45, 7) is 2.18. The SMILES string of the molecule is CN[C@@H](CCCCNC(=O)CCN1C(=O)C=CC1=O)C(C)=O. The number of ketones is 1. The van der Waals surface area contributed by atoms with Crippen molar-refractivity contribution in [2.45, 2.75) is 38.6 Å². The van der Waals surface area contributed by atoms with E-state index in [2.05, 4.69) is 10.6 Å². The van der Waals surface area contributed by atoms with Crippen LogP contribution in [0.3, 0.4) is 0 Å². The minimum atomic E-state index is -0.375. The van der Waals surface area contributed by atoms with E-state index in [-0.39, 0.29) is 42.5 Å². The monoisotopic (exact) mass is 309 g/mol. The number of nitrogens with one attached hydrogen (secondary N) is 2. The molecule has 122 valence electrons. The van der Waals surface area contributed by atoms with Crippen LogP contribution < -0.4 is 10.6 Å². The summed E-state index contributed by atoms with van der Waals surface area (Å²) in [7, 11) is 1.75. The van der Waals surface area contributed by atoms with Gasteiger partial charge in [0.2, 0.25) is 5.91 Å². The van der Waals surface area contributed by atoms with E-state index in [9.17, 15) is 19.2 Å². The van der Waals surface area contributed by atoms with Crippen LogP contribution in [0.2, 0.25) is 0 Å². The van der Waals surface area contributed by atoms with Gasteiger partial charge < -0.3 is 10.6 Å². The van der Waals surface area contributed by atoms with Crippen molar-refractivity contribution < 1.29 is 19.2 Å². The van der Waals surface area contributed by atoms with E-state index in [4.69, 9.17) is 0 Å². The molecule has 22 heavy (non-hydrogen) atoms. The Balaban J connectivity index is 2.10. The molecular weight excluding hydrogens is 286 g/mol. The first-order valence-electron chi connectivity index (χ1n) is 7.43. The van der Waals surface area contributed by atoms with Gasteiger partial charge in [0.25, 0.3) is 11.8 Å². The van der Waals surface area contributed by atoms with Crippen LogP contribution in [0, 0.1) is 0 Å². The molecule has 1 aliphatic rings. The van der Waals surface area contributed by atoms with Gasteiger partial charge in [0.15, 0.2) is 0 Å². The van der Waals surface area contributed by atoms with E-state index in [1.807, 2.05) is 0 Å². The van der Waals surface area contributed by atoms with E-state index in [0.29, 0.717) is 6.54 Å². The lowest BCUT2D eigenvalue weighted by Crippen LogP contribution is -2.35. The average molecular weight is 309 g/mol. The Kier molecular flexibility index (Phi) is 7.45. The van der Waals surface area contributed by atoms with Crippen molar-refractivity contribution >= 4 is 23.5 Å². The van der Waals surface area contributed by atoms with E-state index in [1.54, 1.807) is 14.0 Å². The van der Waals surface area contributed by atoms with Crippen LogP contribution in [0.1, 0.15) is 32.6 Å². The van der Waals surface area contributed by atoms with Crippen LogP contribution in [0.4, 0.5) is 0 Å². The van der Waals surface area contributed by atoms with Crippen molar-refractivity contribution in [1.82, 2.24) is 15.5 Å². The highest BCUT2D eigenvalue weighted by molar-refractivity contribution is 6.13. The fourth-order valence-electron chi connectivity index (χ4n) is 2.21. The summed E-state index contributed by atoms with van der Waals surface area (Å²) in [6.07, 6.45) is 4.86. The predicted molar refractivity (Wildman–Crippen MR) is 80.9 cm³/mol. The molecule has 2 N–H and O–H groups in total. The first-order chi connectivity index (χ1) is 10.5. The normalized spacial score (nSPS) is 15.3. The van der Waals surface area contributed by atoms with E-state index >= 15 is 0 Å². The summed E-state index contributed by atoms with van der Waals surface area (Å²) in [6, 6.07) is -0.129. The van der Waals surface area contributed by atoms with E-state index < -0.39 is 0 Å². The fraction of sp³-hybridized carbons (Fsp3) is 0.600. The minimum Gasteiger partial charge on any atom is -0.356 e. The summed E-state index contributed by atoms with van der Waals surface area (Å²) in [5.41, 5.74) is 0. The second-order valence-corrected chi connectivity index (χ2v) is 5.21. The van der Waals surface area contributed by atoms with Gasteiger partial charge in [-0.3, -0.25) is 24.1 Å². The van der Waals surface area contributed by atoms with Crippen molar-refractivity contribution in [3.63, 3.8) is 0 Å². The van der Waals surface area contributed by atoms with Gasteiger partial charge in [-0.1, -0.05) is 0 Å². The van der Waals surface area contributed by atoms with Gasteiger partial charge in [-0.15, -0.1) is 0 Å². The largest absolute Gasteiger partial charge is 0.356 e. The smallest absolute Gasteiger partial charge is 0.253 e. The highest BCUT2D eigenvalue weighted by Gasteiger charge is 2.23. The quantitative estimate of drug-likeness (QED) is 0.429. The second kappa shape index (κ2) is 9.09. The average Bonchev–Trinajstić information content (AvgIpc) is 2.79. The van der Waals surface area contributed by atoms with Crippen LogP contribution in [0.5, 0.6) is 0 Å². The van der Waals surface area contributed by atoms with Gasteiger partial charge in [-0.25, -0.2) is 0 Å². The molecule has 1 aliphatic heterocycles. The highest BCUT2D eigenvalue weighted by atomic mass is 16.2. The third kappa shape index (κ3) is 5.77. The molecule has 0 unspecified atom stereocenters. The molecule has 0 aromatic rings. The molecule has 0 aromatic heterocycles. The molecule has 0 bridgehead atoms. The Hall–Kier alpha value is -2.02. The Morgan fingerprint density at radius 3 is 2.36 bits per heavy atom. The lowest BCUT2D eigenvalue weighted by Gasteiger charge is -2.14. The van der Waals surface area contributed by atoms with Gasteiger partial charge in [0.05, 0.1) is 6.04 Å². The Bertz CT molecular complexity index is 455. The molecule has 7 nitrogen and oxygen atoms in total. The van der Waals surface area contributed by atoms with Crippen LogP contribution in [-0.2, 0) is 19.2 Å². The molecule has 0 saturated heterocycles. The summed E-state index contributed by atoms with van der Waals surface area (Å²) in [5, 5.41) is 5.69. The van der Waals surface area contributed by atoms with Gasteiger partial charge in [-0.2, -0.15) is 0 Å². The number of hydrogen-bond acceptors (Lipinski definition) is 5. The van der Waals surface area contributed by atoms with Crippen molar-refractivity contribution in [1.29, 1.82) is 0 Å². The minimum absolute atomic E-state index is 0.0999. The molecule has 0 saturated carbocycles. The molecule has 0 radical (unpaired) electrons. The molecule has 0 aliphatic carbocycles. The van der Waals surface area contributed by atoms with Crippen LogP contribution in [-0.4, -0.2) is 54.6 Å². The van der Waals surface area contributed by atoms with Crippen LogP contribution in [0.25, 0.3) is 0 Å². The van der Waals surface area contributed by atoms with Crippen molar-refractivity contribution in [2.24, 2.45) is 0 Å². The maximum Gasteiger partial charge on any atom is 0.253 e. The van der Waals surface area contributed by atoms with Gasteiger partial charge in [0, 0.05) is 31.7 Å². The Labute approximate surface area is 130 Å². The van der Waals surface area contributed by atoms with Gasteiger partial charge in [-0.05, 0) is 33.2 Å². The van der Waals surface area contributed by atoms with E-state index in [1.165, 1.54) is 12.2 Å². The topological polar surface area (TPSA) is 95.6 Å². The zero-order chi connectivity index (χ0) is 16.5. The molecule has 0 aromatic carbocycles. The maximum atomic E-state index is 11.6. The molecule has 3 amide bonds. The lowest BCUT2D eigenvalue weighted by molar-refractivity contribution is -0.137. The predicted octanol–water partition coefficient (Wildman–Crippen LogP) is -0.235. The number of imide groups is 1. The number of amides is 3. The number of unbranched alkanes of at least 4 members (excludes halogenated alkanes) is 1. The number of rotatable bonds is 10. The van der Waals surface area contributed by atoms with Crippen LogP contribution >= 0.6 is 0 Å². The van der Waals surface area contributed by atoms with Crippen molar-refractivity contribution in [2.75, 3.05) is 20.1 Å². The van der Waals surface area contributed by atoms with Crippen LogP contribution in [0.15, 0.2) is 12.2 Å². The number of hydrogen-bond donors (Lipinski definition) is 2. The molecule has 1 heterocycles. The number of carbonyl (C=O) groups excluding carboxylic acids is 4. The zero-order valence-electron chi connectivity index (χ0n) is 13.1. The number of nitrogens with zero attached hydrogens (tertiary/aromatic N) is 1. The maximum absolute atomic E-state index is 11.6. The van der Waals surface area contributed by atoms with Gasteiger partial charge in [0.1, 0.15) is 5.78 Å². The standard InChI is InChI=1S/C15H23N3O4/c1-11(19)12(16-2)5-3-4-9-17-13(20)8-10-18-14(21)6-7-15(18)22/h6-7,12,16H,3-5,8-10H2,1-2H3,(H,17,20)/t12-/m0/s1. The number of carbonyl (C=O) groups is 4. The summed E-state index contributed by atoms with van der Waals surface area (Å²) in [5.74, 6) is -0.829. The number of likely N-dealkylation sites (N-methyl/N-ethyl adjacent to an activating group) is 1. The fourth-order valence-corrected chi connectivity index (χ4v) is 2.21. The molecule has 0 spiro atoms. The lowest BCUT2D eigenvalue weighted by atomic mass is 10.1. The Morgan fingerprint density at radius 1 is 1.18 bits per heavy atom. The molecule has 0 fully saturated rings. The Morgan fingerprint density at radius 2 is 1.82 bits per heavy atom.